The van der Waals surface area contributed by atoms with Crippen LogP contribution < -0.4 is 5.32 Å². The molecule has 0 aromatic heterocycles. The van der Waals surface area contributed by atoms with E-state index in [-0.39, 0.29) is 24.0 Å². The van der Waals surface area contributed by atoms with E-state index in [1.807, 2.05) is 24.3 Å². The lowest BCUT2D eigenvalue weighted by Crippen LogP contribution is -2.28. The first-order valence-corrected chi connectivity index (χ1v) is 7.56. The SMILES string of the molecule is CS(=O)(=O)CCC(=O)C1Cc2ccccc2N1. The Balaban J connectivity index is 1.97. The van der Waals surface area contributed by atoms with Crippen LogP contribution in [0.25, 0.3) is 0 Å². The smallest absolute Gasteiger partial charge is 0.156 e. The van der Waals surface area contributed by atoms with Gasteiger partial charge in [-0.1, -0.05) is 18.2 Å². The number of Topliss-reactive ketones (excluding diaryl/α,β-unsaturated/α-hetero) is 1. The zero-order chi connectivity index (χ0) is 12.5. The molecule has 1 N–H and O–H groups in total. The Labute approximate surface area is 101 Å². The van der Waals surface area contributed by atoms with E-state index < -0.39 is 9.84 Å². The lowest BCUT2D eigenvalue weighted by Gasteiger charge is -2.09. The van der Waals surface area contributed by atoms with Gasteiger partial charge in [0.1, 0.15) is 9.84 Å². The summed E-state index contributed by atoms with van der Waals surface area (Å²) in [5, 5.41) is 3.13. The maximum absolute atomic E-state index is 11.8. The van der Waals surface area contributed by atoms with Gasteiger partial charge in [0.05, 0.1) is 11.8 Å². The highest BCUT2D eigenvalue weighted by Gasteiger charge is 2.26. The van der Waals surface area contributed by atoms with Crippen LogP contribution >= 0.6 is 0 Å². The Bertz CT molecular complexity index is 511. The predicted molar refractivity (Wildman–Crippen MR) is 66.9 cm³/mol. The minimum Gasteiger partial charge on any atom is -0.375 e. The fourth-order valence-corrected chi connectivity index (χ4v) is 2.52. The van der Waals surface area contributed by atoms with Crippen LogP contribution in [0.15, 0.2) is 24.3 Å². The summed E-state index contributed by atoms with van der Waals surface area (Å²) in [6, 6.07) is 7.49. The number of carbonyl (C=O) groups is 1. The van der Waals surface area contributed by atoms with Crippen molar-refractivity contribution >= 4 is 21.3 Å². The maximum atomic E-state index is 11.8. The summed E-state index contributed by atoms with van der Waals surface area (Å²) in [6.07, 6.45) is 1.89. The number of para-hydroxylation sites is 1. The Morgan fingerprint density at radius 3 is 2.76 bits per heavy atom. The lowest BCUT2D eigenvalue weighted by molar-refractivity contribution is -0.119. The van der Waals surface area contributed by atoms with Crippen molar-refractivity contribution in [3.63, 3.8) is 0 Å². The number of hydrogen-bond acceptors (Lipinski definition) is 4. The third-order valence-electron chi connectivity index (χ3n) is 2.88. The molecule has 17 heavy (non-hydrogen) atoms. The summed E-state index contributed by atoms with van der Waals surface area (Å²) in [5.41, 5.74) is 2.09. The minimum absolute atomic E-state index is 0.0355. The number of rotatable bonds is 4. The second-order valence-electron chi connectivity index (χ2n) is 4.40. The van der Waals surface area contributed by atoms with Crippen molar-refractivity contribution < 1.29 is 13.2 Å². The Morgan fingerprint density at radius 2 is 2.12 bits per heavy atom. The number of carbonyl (C=O) groups excluding carboxylic acids is 1. The van der Waals surface area contributed by atoms with Crippen LogP contribution in [0.4, 0.5) is 5.69 Å². The zero-order valence-corrected chi connectivity index (χ0v) is 10.5. The molecule has 0 saturated heterocycles. The first-order chi connectivity index (χ1) is 7.96. The quantitative estimate of drug-likeness (QED) is 0.870. The van der Waals surface area contributed by atoms with Crippen LogP contribution in [0.2, 0.25) is 0 Å². The van der Waals surface area contributed by atoms with Gasteiger partial charge in [-0.05, 0) is 11.6 Å². The normalized spacial score (nSPS) is 18.5. The Hall–Kier alpha value is -1.36. The molecule has 1 aliphatic heterocycles. The molecule has 0 fully saturated rings. The highest BCUT2D eigenvalue weighted by molar-refractivity contribution is 7.90. The highest BCUT2D eigenvalue weighted by atomic mass is 32.2. The predicted octanol–water partition coefficient (Wildman–Crippen LogP) is 1.03. The van der Waals surface area contributed by atoms with Gasteiger partial charge in [0, 0.05) is 24.8 Å². The fourth-order valence-electron chi connectivity index (χ4n) is 1.95. The van der Waals surface area contributed by atoms with Crippen molar-refractivity contribution in [3.05, 3.63) is 29.8 Å². The van der Waals surface area contributed by atoms with E-state index in [0.717, 1.165) is 17.5 Å². The molecule has 0 bridgehead atoms. The van der Waals surface area contributed by atoms with Gasteiger partial charge >= 0.3 is 0 Å². The van der Waals surface area contributed by atoms with Crippen molar-refractivity contribution in [3.8, 4) is 0 Å². The molecular formula is C12H15NO3S. The molecule has 1 aromatic carbocycles. The van der Waals surface area contributed by atoms with Crippen molar-refractivity contribution in [1.82, 2.24) is 0 Å². The topological polar surface area (TPSA) is 63.2 Å². The van der Waals surface area contributed by atoms with E-state index >= 15 is 0 Å². The van der Waals surface area contributed by atoms with Gasteiger partial charge in [0.25, 0.3) is 0 Å². The molecule has 1 atom stereocenters. The second-order valence-corrected chi connectivity index (χ2v) is 6.66. The summed E-state index contributed by atoms with van der Waals surface area (Å²) in [7, 11) is -3.06. The van der Waals surface area contributed by atoms with Gasteiger partial charge in [-0.15, -0.1) is 0 Å². The molecule has 1 unspecified atom stereocenters. The first-order valence-electron chi connectivity index (χ1n) is 5.50. The largest absolute Gasteiger partial charge is 0.375 e. The van der Waals surface area contributed by atoms with Crippen LogP contribution in [-0.4, -0.2) is 32.3 Å². The number of anilines is 1. The fraction of sp³-hybridized carbons (Fsp3) is 0.417. The molecular weight excluding hydrogens is 238 g/mol. The van der Waals surface area contributed by atoms with Crippen LogP contribution in [0.1, 0.15) is 12.0 Å². The van der Waals surface area contributed by atoms with Crippen molar-refractivity contribution in [2.24, 2.45) is 0 Å². The Morgan fingerprint density at radius 1 is 1.41 bits per heavy atom. The monoisotopic (exact) mass is 253 g/mol. The zero-order valence-electron chi connectivity index (χ0n) is 9.64. The maximum Gasteiger partial charge on any atom is 0.156 e. The van der Waals surface area contributed by atoms with E-state index in [2.05, 4.69) is 5.32 Å². The van der Waals surface area contributed by atoms with E-state index in [0.29, 0.717) is 6.42 Å². The number of sulfone groups is 1. The average molecular weight is 253 g/mol. The van der Waals surface area contributed by atoms with Crippen molar-refractivity contribution in [1.29, 1.82) is 0 Å². The molecule has 1 aromatic rings. The number of ketones is 1. The molecule has 0 saturated carbocycles. The molecule has 92 valence electrons. The minimum atomic E-state index is -3.06. The molecule has 0 aliphatic carbocycles. The van der Waals surface area contributed by atoms with Gasteiger partial charge in [0.15, 0.2) is 5.78 Å². The summed E-state index contributed by atoms with van der Waals surface area (Å²) < 4.78 is 22.0. The molecule has 4 nitrogen and oxygen atoms in total. The summed E-state index contributed by atoms with van der Waals surface area (Å²) in [4.78, 5) is 11.8. The van der Waals surface area contributed by atoms with E-state index in [1.54, 1.807) is 0 Å². The first kappa shape index (κ1) is 12.1. The van der Waals surface area contributed by atoms with Crippen LogP contribution in [0.3, 0.4) is 0 Å². The summed E-state index contributed by atoms with van der Waals surface area (Å²) in [5.74, 6) is -0.105. The third-order valence-corrected chi connectivity index (χ3v) is 3.82. The second kappa shape index (κ2) is 4.49. The van der Waals surface area contributed by atoms with Gasteiger partial charge in [-0.2, -0.15) is 0 Å². The number of hydrogen-bond donors (Lipinski definition) is 1. The van der Waals surface area contributed by atoms with Gasteiger partial charge < -0.3 is 5.32 Å². The standard InChI is InChI=1S/C12H15NO3S/c1-17(15,16)7-6-12(14)11-8-9-4-2-3-5-10(9)13-11/h2-5,11,13H,6-8H2,1H3. The highest BCUT2D eigenvalue weighted by Crippen LogP contribution is 2.25. The molecule has 2 rings (SSSR count). The number of nitrogens with one attached hydrogen (secondary N) is 1. The summed E-state index contributed by atoms with van der Waals surface area (Å²) >= 11 is 0. The Kier molecular flexibility index (Phi) is 3.19. The molecule has 0 amide bonds. The molecule has 0 radical (unpaired) electrons. The van der Waals surface area contributed by atoms with Crippen LogP contribution in [0, 0.1) is 0 Å². The third kappa shape index (κ3) is 3.06. The molecule has 5 heteroatoms. The van der Waals surface area contributed by atoms with Crippen molar-refractivity contribution in [2.75, 3.05) is 17.3 Å². The van der Waals surface area contributed by atoms with Crippen molar-refractivity contribution in [2.45, 2.75) is 18.9 Å². The number of benzene rings is 1. The summed E-state index contributed by atoms with van der Waals surface area (Å²) in [6.45, 7) is 0. The van der Waals surface area contributed by atoms with E-state index in [4.69, 9.17) is 0 Å². The van der Waals surface area contributed by atoms with Crippen LogP contribution in [-0.2, 0) is 21.1 Å². The van der Waals surface area contributed by atoms with E-state index in [1.165, 1.54) is 0 Å². The molecule has 1 aliphatic rings. The van der Waals surface area contributed by atoms with Crippen LogP contribution in [0.5, 0.6) is 0 Å². The molecule has 1 heterocycles. The van der Waals surface area contributed by atoms with Gasteiger partial charge in [0.2, 0.25) is 0 Å². The van der Waals surface area contributed by atoms with Gasteiger partial charge in [-0.25, -0.2) is 8.42 Å². The average Bonchev–Trinajstić information content (AvgIpc) is 2.68. The van der Waals surface area contributed by atoms with E-state index in [9.17, 15) is 13.2 Å². The lowest BCUT2D eigenvalue weighted by atomic mass is 10.1. The van der Waals surface area contributed by atoms with Gasteiger partial charge in [-0.3, -0.25) is 4.79 Å². The molecule has 0 spiro atoms. The number of fused-ring (bicyclic) bond motifs is 1.